The summed E-state index contributed by atoms with van der Waals surface area (Å²) in [7, 11) is 0. The first kappa shape index (κ1) is 16.6. The van der Waals surface area contributed by atoms with Crippen molar-refractivity contribution >= 4 is 17.7 Å². The summed E-state index contributed by atoms with van der Waals surface area (Å²) in [4.78, 5) is 8.51. The molecule has 0 radical (unpaired) electrons. The van der Waals surface area contributed by atoms with Crippen LogP contribution in [-0.2, 0) is 6.18 Å². The predicted molar refractivity (Wildman–Crippen MR) is 81.9 cm³/mol. The summed E-state index contributed by atoms with van der Waals surface area (Å²) in [5.74, 6) is 0.958. The van der Waals surface area contributed by atoms with Crippen molar-refractivity contribution in [2.75, 3.05) is 11.1 Å². The molecule has 0 saturated carbocycles. The second-order valence-electron chi connectivity index (χ2n) is 4.63. The van der Waals surface area contributed by atoms with Gasteiger partial charge in [-0.3, -0.25) is 0 Å². The number of hydrogen-bond acceptors (Lipinski definition) is 4. The number of anilines is 1. The highest BCUT2D eigenvalue weighted by Crippen LogP contribution is 2.28. The Balaban J connectivity index is 2.09. The second kappa shape index (κ2) is 7.00. The lowest BCUT2D eigenvalue weighted by atomic mass is 10.1. The minimum atomic E-state index is -4.47. The van der Waals surface area contributed by atoms with Crippen molar-refractivity contribution in [3.63, 3.8) is 0 Å². The standard InChI is InChI=1S/C15H16F3N3S/c1-3-22-12-6-4-11(5-7-12)10(2)20-14-19-9-8-13(21-14)15(16,17)18/h4-10H,3H2,1-2H3,(H,19,20,21). The zero-order valence-corrected chi connectivity index (χ0v) is 13.0. The van der Waals surface area contributed by atoms with E-state index >= 15 is 0 Å². The molecule has 0 amide bonds. The Bertz CT molecular complexity index is 614. The van der Waals surface area contributed by atoms with Crippen molar-refractivity contribution in [1.82, 2.24) is 9.97 Å². The van der Waals surface area contributed by atoms with Gasteiger partial charge in [0, 0.05) is 11.1 Å². The van der Waals surface area contributed by atoms with E-state index in [2.05, 4.69) is 22.2 Å². The van der Waals surface area contributed by atoms with Crippen LogP contribution in [0.3, 0.4) is 0 Å². The first-order chi connectivity index (χ1) is 10.4. The SMILES string of the molecule is CCSc1ccc(C(C)Nc2nccc(C(F)(F)F)n2)cc1. The van der Waals surface area contributed by atoms with Crippen molar-refractivity contribution < 1.29 is 13.2 Å². The molecule has 0 spiro atoms. The molecule has 1 heterocycles. The number of rotatable bonds is 5. The summed E-state index contributed by atoms with van der Waals surface area (Å²) >= 11 is 1.73. The molecule has 0 aliphatic heterocycles. The van der Waals surface area contributed by atoms with Crippen LogP contribution < -0.4 is 5.32 Å². The summed E-state index contributed by atoms with van der Waals surface area (Å²) in [6.07, 6.45) is -3.37. The van der Waals surface area contributed by atoms with Crippen LogP contribution in [0.15, 0.2) is 41.4 Å². The fraction of sp³-hybridized carbons (Fsp3) is 0.333. The molecule has 3 nitrogen and oxygen atoms in total. The Hall–Kier alpha value is -1.76. The Morgan fingerprint density at radius 2 is 1.86 bits per heavy atom. The van der Waals surface area contributed by atoms with Crippen LogP contribution in [0.2, 0.25) is 0 Å². The summed E-state index contributed by atoms with van der Waals surface area (Å²) in [6, 6.07) is 8.55. The highest BCUT2D eigenvalue weighted by molar-refractivity contribution is 7.99. The molecule has 1 atom stereocenters. The van der Waals surface area contributed by atoms with Gasteiger partial charge in [0.05, 0.1) is 6.04 Å². The van der Waals surface area contributed by atoms with Crippen LogP contribution in [0.25, 0.3) is 0 Å². The van der Waals surface area contributed by atoms with Gasteiger partial charge >= 0.3 is 6.18 Å². The van der Waals surface area contributed by atoms with Gasteiger partial charge in [0.15, 0.2) is 0 Å². The number of hydrogen-bond donors (Lipinski definition) is 1. The molecule has 1 aromatic heterocycles. The van der Waals surface area contributed by atoms with Gasteiger partial charge in [-0.1, -0.05) is 19.1 Å². The Morgan fingerprint density at radius 1 is 1.18 bits per heavy atom. The lowest BCUT2D eigenvalue weighted by Crippen LogP contribution is -2.13. The third-order valence-corrected chi connectivity index (χ3v) is 3.88. The molecule has 0 saturated heterocycles. The third kappa shape index (κ3) is 4.37. The van der Waals surface area contributed by atoms with Gasteiger partial charge in [0.1, 0.15) is 5.69 Å². The van der Waals surface area contributed by atoms with Gasteiger partial charge in [-0.25, -0.2) is 9.97 Å². The zero-order chi connectivity index (χ0) is 16.2. The van der Waals surface area contributed by atoms with Gasteiger partial charge in [-0.15, -0.1) is 11.8 Å². The van der Waals surface area contributed by atoms with E-state index in [1.165, 1.54) is 0 Å². The van der Waals surface area contributed by atoms with Crippen LogP contribution in [0.1, 0.15) is 31.1 Å². The molecule has 1 unspecified atom stereocenters. The van der Waals surface area contributed by atoms with Crippen LogP contribution >= 0.6 is 11.8 Å². The van der Waals surface area contributed by atoms with Gasteiger partial charge in [0.2, 0.25) is 5.95 Å². The van der Waals surface area contributed by atoms with E-state index in [0.717, 1.165) is 28.5 Å². The van der Waals surface area contributed by atoms with E-state index in [1.54, 1.807) is 11.8 Å². The average molecular weight is 327 g/mol. The van der Waals surface area contributed by atoms with E-state index in [9.17, 15) is 13.2 Å². The molecule has 7 heteroatoms. The van der Waals surface area contributed by atoms with Crippen molar-refractivity contribution in [3.05, 3.63) is 47.8 Å². The van der Waals surface area contributed by atoms with E-state index in [-0.39, 0.29) is 12.0 Å². The van der Waals surface area contributed by atoms with Crippen molar-refractivity contribution in [2.45, 2.75) is 31.0 Å². The number of aromatic nitrogens is 2. The third-order valence-electron chi connectivity index (χ3n) is 2.98. The molecular weight excluding hydrogens is 311 g/mol. The van der Waals surface area contributed by atoms with Gasteiger partial charge < -0.3 is 5.32 Å². The number of nitrogens with zero attached hydrogens (tertiary/aromatic N) is 2. The number of alkyl halides is 3. The van der Waals surface area contributed by atoms with E-state index in [0.29, 0.717) is 0 Å². The molecular formula is C15H16F3N3S. The maximum Gasteiger partial charge on any atom is 0.433 e. The smallest absolute Gasteiger partial charge is 0.348 e. The maximum atomic E-state index is 12.6. The molecule has 1 N–H and O–H groups in total. The molecule has 0 aliphatic rings. The van der Waals surface area contributed by atoms with Crippen LogP contribution in [0.5, 0.6) is 0 Å². The number of halogens is 3. The number of benzene rings is 1. The fourth-order valence-electron chi connectivity index (χ4n) is 1.88. The topological polar surface area (TPSA) is 37.8 Å². The Morgan fingerprint density at radius 3 is 2.45 bits per heavy atom. The first-order valence-corrected chi connectivity index (χ1v) is 7.78. The largest absolute Gasteiger partial charge is 0.433 e. The van der Waals surface area contributed by atoms with Crippen molar-refractivity contribution in [2.24, 2.45) is 0 Å². The molecule has 0 bridgehead atoms. The van der Waals surface area contributed by atoms with E-state index < -0.39 is 11.9 Å². The second-order valence-corrected chi connectivity index (χ2v) is 5.97. The van der Waals surface area contributed by atoms with Crippen LogP contribution in [0, 0.1) is 0 Å². The molecule has 0 fully saturated rings. The van der Waals surface area contributed by atoms with Gasteiger partial charge in [0.25, 0.3) is 0 Å². The van der Waals surface area contributed by atoms with Gasteiger partial charge in [-0.05, 0) is 36.4 Å². The lowest BCUT2D eigenvalue weighted by molar-refractivity contribution is -0.141. The lowest BCUT2D eigenvalue weighted by Gasteiger charge is -2.15. The summed E-state index contributed by atoms with van der Waals surface area (Å²) < 4.78 is 37.9. The first-order valence-electron chi connectivity index (χ1n) is 6.79. The highest BCUT2D eigenvalue weighted by Gasteiger charge is 2.32. The molecule has 0 aliphatic carbocycles. The summed E-state index contributed by atoms with van der Waals surface area (Å²) in [5, 5.41) is 2.89. The fourth-order valence-corrected chi connectivity index (χ4v) is 2.54. The van der Waals surface area contributed by atoms with E-state index in [1.807, 2.05) is 31.2 Å². The zero-order valence-electron chi connectivity index (χ0n) is 12.2. The Kier molecular flexibility index (Phi) is 5.28. The van der Waals surface area contributed by atoms with Crippen LogP contribution in [0.4, 0.5) is 19.1 Å². The number of nitrogens with one attached hydrogen (secondary N) is 1. The monoisotopic (exact) mass is 327 g/mol. The van der Waals surface area contributed by atoms with Gasteiger partial charge in [-0.2, -0.15) is 13.2 Å². The normalized spacial score (nSPS) is 13.0. The molecule has 1 aromatic carbocycles. The van der Waals surface area contributed by atoms with E-state index in [4.69, 9.17) is 0 Å². The van der Waals surface area contributed by atoms with Crippen molar-refractivity contribution in [1.29, 1.82) is 0 Å². The average Bonchev–Trinajstić information content (AvgIpc) is 2.48. The molecule has 2 rings (SSSR count). The highest BCUT2D eigenvalue weighted by atomic mass is 32.2. The molecule has 22 heavy (non-hydrogen) atoms. The maximum absolute atomic E-state index is 12.6. The minimum Gasteiger partial charge on any atom is -0.348 e. The number of thioether (sulfide) groups is 1. The minimum absolute atomic E-state index is 0.0330. The molecule has 118 valence electrons. The van der Waals surface area contributed by atoms with Crippen LogP contribution in [-0.4, -0.2) is 15.7 Å². The summed E-state index contributed by atoms with van der Waals surface area (Å²) in [6.45, 7) is 3.93. The summed E-state index contributed by atoms with van der Waals surface area (Å²) in [5.41, 5.74) is 0.00774. The van der Waals surface area contributed by atoms with Crippen molar-refractivity contribution in [3.8, 4) is 0 Å². The Labute approximate surface area is 131 Å². The predicted octanol–water partition coefficient (Wildman–Crippen LogP) is 4.78. The quantitative estimate of drug-likeness (QED) is 0.802. The molecule has 2 aromatic rings.